The molecule has 0 bridgehead atoms. The summed E-state index contributed by atoms with van der Waals surface area (Å²) in [6.07, 6.45) is 0.139. The Labute approximate surface area is 230 Å². The zero-order chi connectivity index (χ0) is 28.4. The van der Waals surface area contributed by atoms with Crippen LogP contribution in [0.3, 0.4) is 0 Å². The van der Waals surface area contributed by atoms with Crippen molar-refractivity contribution >= 4 is 11.8 Å². The lowest BCUT2D eigenvalue weighted by Crippen LogP contribution is -2.59. The van der Waals surface area contributed by atoms with Gasteiger partial charge in [0.2, 0.25) is 11.8 Å². The maximum Gasteiger partial charge on any atom is 0.405 e. The monoisotopic (exact) mass is 558 g/mol. The molecule has 3 heterocycles. The van der Waals surface area contributed by atoms with Crippen LogP contribution in [0.2, 0.25) is 0 Å². The number of piperazine rings is 1. The average molecular weight is 559 g/mol. The lowest BCUT2D eigenvalue weighted by molar-refractivity contribution is -0.143. The number of nitrogens with zero attached hydrogens (tertiary/aromatic N) is 4. The number of rotatable bonds is 12. The molecule has 1 fully saturated rings. The molecule has 2 amide bonds. The van der Waals surface area contributed by atoms with E-state index in [0.717, 1.165) is 5.56 Å². The minimum atomic E-state index is -4.49. The van der Waals surface area contributed by atoms with Crippen LogP contribution in [-0.2, 0) is 22.7 Å². The molecule has 0 radical (unpaired) electrons. The van der Waals surface area contributed by atoms with Gasteiger partial charge in [-0.1, -0.05) is 30.3 Å². The summed E-state index contributed by atoms with van der Waals surface area (Å²) in [4.78, 5) is 37.0. The van der Waals surface area contributed by atoms with Crippen LogP contribution in [-0.4, -0.2) is 76.5 Å². The van der Waals surface area contributed by atoms with Crippen LogP contribution in [0.25, 0.3) is 11.5 Å². The molecule has 1 saturated heterocycles. The van der Waals surface area contributed by atoms with Crippen molar-refractivity contribution in [3.05, 3.63) is 72.4 Å². The molecule has 1 aliphatic heterocycles. The zero-order valence-electron chi connectivity index (χ0n) is 22.1. The Kier molecular flexibility index (Phi) is 10.3. The summed E-state index contributed by atoms with van der Waals surface area (Å²) in [5.41, 5.74) is 1.66. The highest BCUT2D eigenvalue weighted by Gasteiger charge is 2.35. The van der Waals surface area contributed by atoms with E-state index in [2.05, 4.69) is 15.3 Å². The van der Waals surface area contributed by atoms with Crippen LogP contribution >= 0.6 is 0 Å². The molecule has 2 aromatic heterocycles. The number of alkyl halides is 3. The second-order valence-electron chi connectivity index (χ2n) is 9.70. The maximum atomic E-state index is 12.8. The van der Waals surface area contributed by atoms with E-state index >= 15 is 0 Å². The topological polar surface area (TPSA) is 104 Å². The van der Waals surface area contributed by atoms with E-state index in [4.69, 9.17) is 4.42 Å². The number of carbonyl (C=O) groups excluding carboxylic acids is 2. The SMILES string of the molecule is O=C(CCCCN1CCN(Cc2ccc(-c3ccncn3)o2)CC1C(=O)NCC(F)(F)F)NCc1ccccc1. The molecule has 2 N–H and O–H groups in total. The second-order valence-corrected chi connectivity index (χ2v) is 9.70. The third-order valence-electron chi connectivity index (χ3n) is 6.65. The van der Waals surface area contributed by atoms with Gasteiger partial charge in [-0.2, -0.15) is 13.2 Å². The summed E-state index contributed by atoms with van der Waals surface area (Å²) < 4.78 is 44.3. The molecular formula is C28H33F3N6O3. The Morgan fingerprint density at radius 1 is 1.02 bits per heavy atom. The molecular weight excluding hydrogens is 525 g/mol. The van der Waals surface area contributed by atoms with Gasteiger partial charge in [0.15, 0.2) is 5.76 Å². The quantitative estimate of drug-likeness (QED) is 0.329. The van der Waals surface area contributed by atoms with Gasteiger partial charge in [0.25, 0.3) is 0 Å². The number of hydrogen-bond donors (Lipinski definition) is 2. The number of carbonyl (C=O) groups is 2. The van der Waals surface area contributed by atoms with Gasteiger partial charge in [0.1, 0.15) is 30.4 Å². The van der Waals surface area contributed by atoms with E-state index in [-0.39, 0.29) is 12.5 Å². The molecule has 214 valence electrons. The van der Waals surface area contributed by atoms with Gasteiger partial charge < -0.3 is 15.1 Å². The van der Waals surface area contributed by atoms with E-state index < -0.39 is 24.7 Å². The van der Waals surface area contributed by atoms with Crippen LogP contribution in [0.4, 0.5) is 13.2 Å². The number of unbranched alkanes of at least 4 members (excludes halogenated alkanes) is 1. The van der Waals surface area contributed by atoms with Crippen molar-refractivity contribution in [2.24, 2.45) is 0 Å². The minimum absolute atomic E-state index is 0.0621. The fourth-order valence-corrected chi connectivity index (χ4v) is 4.58. The van der Waals surface area contributed by atoms with Crippen molar-refractivity contribution in [1.29, 1.82) is 0 Å². The Balaban J connectivity index is 1.28. The zero-order valence-corrected chi connectivity index (χ0v) is 22.1. The van der Waals surface area contributed by atoms with E-state index in [0.29, 0.717) is 69.2 Å². The first-order valence-corrected chi connectivity index (χ1v) is 13.2. The summed E-state index contributed by atoms with van der Waals surface area (Å²) in [6, 6.07) is 14.2. The van der Waals surface area contributed by atoms with Gasteiger partial charge >= 0.3 is 6.18 Å². The van der Waals surface area contributed by atoms with Crippen molar-refractivity contribution in [2.75, 3.05) is 32.7 Å². The van der Waals surface area contributed by atoms with Gasteiger partial charge in [0, 0.05) is 38.8 Å². The third kappa shape index (κ3) is 9.16. The first-order valence-electron chi connectivity index (χ1n) is 13.2. The number of benzene rings is 1. The highest BCUT2D eigenvalue weighted by Crippen LogP contribution is 2.22. The summed E-state index contributed by atoms with van der Waals surface area (Å²) in [5, 5.41) is 4.93. The predicted octanol–water partition coefficient (Wildman–Crippen LogP) is 3.39. The molecule has 4 rings (SSSR count). The molecule has 9 nitrogen and oxygen atoms in total. The number of nitrogens with one attached hydrogen (secondary N) is 2. The minimum Gasteiger partial charge on any atom is -0.458 e. The molecule has 40 heavy (non-hydrogen) atoms. The molecule has 12 heteroatoms. The van der Waals surface area contributed by atoms with Crippen molar-refractivity contribution in [2.45, 2.75) is 44.6 Å². The highest BCUT2D eigenvalue weighted by molar-refractivity contribution is 5.82. The van der Waals surface area contributed by atoms with Crippen molar-refractivity contribution in [1.82, 2.24) is 30.4 Å². The Morgan fingerprint density at radius 2 is 1.85 bits per heavy atom. The van der Waals surface area contributed by atoms with Crippen LogP contribution in [0.5, 0.6) is 0 Å². The van der Waals surface area contributed by atoms with Crippen LogP contribution < -0.4 is 10.6 Å². The molecule has 1 atom stereocenters. The van der Waals surface area contributed by atoms with Crippen molar-refractivity contribution < 1.29 is 27.2 Å². The predicted molar refractivity (Wildman–Crippen MR) is 142 cm³/mol. The smallest absolute Gasteiger partial charge is 0.405 e. The van der Waals surface area contributed by atoms with E-state index in [9.17, 15) is 22.8 Å². The number of amides is 2. The standard InChI is InChI=1S/C28H33F3N6O3/c29-28(30,31)19-34-27(39)24-18-36(17-22-9-10-25(40-22)23-11-12-32-20-35-23)14-15-37(24)13-5-4-8-26(38)33-16-21-6-2-1-3-7-21/h1-3,6-7,9-12,20,24H,4-5,8,13-19H2,(H,33,38)(H,34,39). The molecule has 0 spiro atoms. The van der Waals surface area contributed by atoms with E-state index in [1.54, 1.807) is 18.3 Å². The molecule has 1 aliphatic rings. The largest absolute Gasteiger partial charge is 0.458 e. The molecule has 0 aliphatic carbocycles. The fourth-order valence-electron chi connectivity index (χ4n) is 4.58. The van der Waals surface area contributed by atoms with E-state index in [1.807, 2.05) is 51.5 Å². The van der Waals surface area contributed by atoms with E-state index in [1.165, 1.54) is 6.33 Å². The average Bonchev–Trinajstić information content (AvgIpc) is 3.42. The molecule has 1 aromatic carbocycles. The number of halogens is 3. The van der Waals surface area contributed by atoms with Crippen LogP contribution in [0, 0.1) is 0 Å². The van der Waals surface area contributed by atoms with Gasteiger partial charge in [0.05, 0.1) is 6.54 Å². The highest BCUT2D eigenvalue weighted by atomic mass is 19.4. The van der Waals surface area contributed by atoms with Gasteiger partial charge in [-0.05, 0) is 43.1 Å². The van der Waals surface area contributed by atoms with Crippen LogP contribution in [0.1, 0.15) is 30.6 Å². The molecule has 1 unspecified atom stereocenters. The number of hydrogen-bond acceptors (Lipinski definition) is 7. The second kappa shape index (κ2) is 14.0. The summed E-state index contributed by atoms with van der Waals surface area (Å²) in [5.74, 6) is 0.526. The number of furan rings is 1. The third-order valence-corrected chi connectivity index (χ3v) is 6.65. The van der Waals surface area contributed by atoms with Gasteiger partial charge in [-0.3, -0.25) is 19.4 Å². The maximum absolute atomic E-state index is 12.8. The lowest BCUT2D eigenvalue weighted by Gasteiger charge is -2.40. The first kappa shape index (κ1) is 29.2. The van der Waals surface area contributed by atoms with Gasteiger partial charge in [-0.25, -0.2) is 9.97 Å². The molecule has 3 aromatic rings. The normalized spacial score (nSPS) is 16.5. The summed E-state index contributed by atoms with van der Waals surface area (Å²) in [7, 11) is 0. The summed E-state index contributed by atoms with van der Waals surface area (Å²) in [6.45, 7) is 1.36. The number of aromatic nitrogens is 2. The summed E-state index contributed by atoms with van der Waals surface area (Å²) >= 11 is 0. The lowest BCUT2D eigenvalue weighted by atomic mass is 10.1. The first-order chi connectivity index (χ1) is 19.3. The van der Waals surface area contributed by atoms with Crippen molar-refractivity contribution in [3.8, 4) is 11.5 Å². The molecule has 0 saturated carbocycles. The Morgan fingerprint density at radius 3 is 2.60 bits per heavy atom. The van der Waals surface area contributed by atoms with Crippen LogP contribution in [0.15, 0.2) is 65.5 Å². The Bertz CT molecular complexity index is 1220. The Hall–Kier alpha value is -3.77. The fraction of sp³-hybridized carbons (Fsp3) is 0.429. The van der Waals surface area contributed by atoms with Gasteiger partial charge in [-0.15, -0.1) is 0 Å². The van der Waals surface area contributed by atoms with Crippen molar-refractivity contribution in [3.63, 3.8) is 0 Å².